The number of hydrogen-bond acceptors (Lipinski definition) is 4. The largest absolute Gasteiger partial charge is 0.459 e. The molecule has 0 aliphatic heterocycles. The molecule has 0 aliphatic carbocycles. The van der Waals surface area contributed by atoms with Gasteiger partial charge in [0.05, 0.1) is 10.2 Å². The Morgan fingerprint density at radius 2 is 1.88 bits per heavy atom. The molecule has 2 aromatic rings. The van der Waals surface area contributed by atoms with Gasteiger partial charge < -0.3 is 10.1 Å². The van der Waals surface area contributed by atoms with E-state index in [9.17, 15) is 14.0 Å². The van der Waals surface area contributed by atoms with Crippen LogP contribution in [0.1, 0.15) is 26.3 Å². The standard InChI is InChI=1S/C18H20BrFN2O3/c1-11-9-14(19)16(21-10-15(23)25-18(2,3)4)22(17(11)24)13-7-5-12(20)6-8-13/h5-9,21H,10H2,1-4H3. The SMILES string of the molecule is Cc1cc(Br)c(NCC(=O)OC(C)(C)C)n(-c2ccc(F)cc2)c1=O. The molecule has 0 unspecified atom stereocenters. The maximum Gasteiger partial charge on any atom is 0.325 e. The summed E-state index contributed by atoms with van der Waals surface area (Å²) in [5, 5.41) is 2.93. The van der Waals surface area contributed by atoms with Gasteiger partial charge >= 0.3 is 5.97 Å². The van der Waals surface area contributed by atoms with Crippen molar-refractivity contribution in [3.63, 3.8) is 0 Å². The van der Waals surface area contributed by atoms with Gasteiger partial charge in [0.25, 0.3) is 5.56 Å². The quantitative estimate of drug-likeness (QED) is 0.778. The first-order valence-electron chi connectivity index (χ1n) is 7.72. The Labute approximate surface area is 153 Å². The van der Waals surface area contributed by atoms with E-state index >= 15 is 0 Å². The molecule has 0 amide bonds. The maximum atomic E-state index is 13.2. The van der Waals surface area contributed by atoms with Gasteiger partial charge in [-0.25, -0.2) is 4.39 Å². The molecule has 5 nitrogen and oxygen atoms in total. The van der Waals surface area contributed by atoms with Crippen molar-refractivity contribution in [2.24, 2.45) is 0 Å². The number of carbonyl (C=O) groups excluding carboxylic acids is 1. The highest BCUT2D eigenvalue weighted by Gasteiger charge is 2.18. The summed E-state index contributed by atoms with van der Waals surface area (Å²) in [4.78, 5) is 24.5. The number of hydrogen-bond donors (Lipinski definition) is 1. The van der Waals surface area contributed by atoms with Crippen LogP contribution in [0.3, 0.4) is 0 Å². The maximum absolute atomic E-state index is 13.2. The average Bonchev–Trinajstić information content (AvgIpc) is 2.49. The fourth-order valence-electron chi connectivity index (χ4n) is 2.24. The van der Waals surface area contributed by atoms with Crippen molar-refractivity contribution in [1.29, 1.82) is 0 Å². The summed E-state index contributed by atoms with van der Waals surface area (Å²) in [5.74, 6) is -0.446. The molecule has 0 fully saturated rings. The third-order valence-electron chi connectivity index (χ3n) is 3.24. The molecule has 7 heteroatoms. The highest BCUT2D eigenvalue weighted by Crippen LogP contribution is 2.25. The zero-order chi connectivity index (χ0) is 18.8. The van der Waals surface area contributed by atoms with E-state index in [1.165, 1.54) is 28.8 Å². The molecule has 134 valence electrons. The lowest BCUT2D eigenvalue weighted by Crippen LogP contribution is -2.30. The second-order valence-corrected chi connectivity index (χ2v) is 7.44. The Morgan fingerprint density at radius 3 is 2.44 bits per heavy atom. The lowest BCUT2D eigenvalue weighted by Gasteiger charge is -2.21. The van der Waals surface area contributed by atoms with Gasteiger partial charge in [-0.05, 0) is 74.0 Å². The molecule has 0 atom stereocenters. The molecule has 0 aliphatic rings. The molecule has 0 saturated carbocycles. The Hall–Kier alpha value is -2.15. The van der Waals surface area contributed by atoms with Gasteiger partial charge in [-0.2, -0.15) is 0 Å². The third-order valence-corrected chi connectivity index (χ3v) is 3.84. The molecule has 0 spiro atoms. The van der Waals surface area contributed by atoms with Crippen molar-refractivity contribution < 1.29 is 13.9 Å². The van der Waals surface area contributed by atoms with Gasteiger partial charge in [0.15, 0.2) is 0 Å². The van der Waals surface area contributed by atoms with Crippen LogP contribution < -0.4 is 10.9 Å². The number of esters is 1. The van der Waals surface area contributed by atoms with Crippen molar-refractivity contribution in [3.05, 3.63) is 56.5 Å². The van der Waals surface area contributed by atoms with Crippen LogP contribution in [0.2, 0.25) is 0 Å². The first-order valence-corrected chi connectivity index (χ1v) is 8.51. The summed E-state index contributed by atoms with van der Waals surface area (Å²) in [6.45, 7) is 6.91. The molecular weight excluding hydrogens is 391 g/mol. The predicted octanol–water partition coefficient (Wildman–Crippen LogP) is 3.80. The zero-order valence-electron chi connectivity index (χ0n) is 14.5. The van der Waals surface area contributed by atoms with E-state index in [4.69, 9.17) is 4.74 Å². The fourth-order valence-corrected chi connectivity index (χ4v) is 2.90. The molecule has 2 rings (SSSR count). The highest BCUT2D eigenvalue weighted by atomic mass is 79.9. The lowest BCUT2D eigenvalue weighted by molar-refractivity contribution is -0.152. The fraction of sp³-hybridized carbons (Fsp3) is 0.333. The van der Waals surface area contributed by atoms with Crippen molar-refractivity contribution >= 4 is 27.7 Å². The second kappa shape index (κ2) is 7.39. The summed E-state index contributed by atoms with van der Waals surface area (Å²) in [6.07, 6.45) is 0. The van der Waals surface area contributed by atoms with E-state index in [-0.39, 0.29) is 12.1 Å². The van der Waals surface area contributed by atoms with E-state index in [0.717, 1.165) is 0 Å². The van der Waals surface area contributed by atoms with E-state index < -0.39 is 17.4 Å². The van der Waals surface area contributed by atoms with E-state index in [1.807, 2.05) is 0 Å². The molecule has 0 saturated heterocycles. The molecule has 25 heavy (non-hydrogen) atoms. The van der Waals surface area contributed by atoms with Crippen molar-refractivity contribution in [3.8, 4) is 5.69 Å². The number of anilines is 1. The minimum absolute atomic E-state index is 0.112. The number of nitrogens with one attached hydrogen (secondary N) is 1. The van der Waals surface area contributed by atoms with Crippen molar-refractivity contribution in [1.82, 2.24) is 4.57 Å². The van der Waals surface area contributed by atoms with Gasteiger partial charge in [-0.15, -0.1) is 0 Å². The molecule has 1 aromatic heterocycles. The molecule has 1 heterocycles. The van der Waals surface area contributed by atoms with Crippen LogP contribution in [0, 0.1) is 12.7 Å². The number of nitrogens with zero attached hydrogens (tertiary/aromatic N) is 1. The summed E-state index contributed by atoms with van der Waals surface area (Å²) in [5.41, 5.74) is 0.142. The molecular formula is C18H20BrFN2O3. The second-order valence-electron chi connectivity index (χ2n) is 6.58. The van der Waals surface area contributed by atoms with Crippen molar-refractivity contribution in [2.45, 2.75) is 33.3 Å². The predicted molar refractivity (Wildman–Crippen MR) is 98.8 cm³/mol. The van der Waals surface area contributed by atoms with Crippen molar-refractivity contribution in [2.75, 3.05) is 11.9 Å². The number of pyridine rings is 1. The Morgan fingerprint density at radius 1 is 1.28 bits per heavy atom. The first-order chi connectivity index (χ1) is 11.6. The van der Waals surface area contributed by atoms with Crippen LogP contribution in [0.25, 0.3) is 5.69 Å². The lowest BCUT2D eigenvalue weighted by atomic mass is 10.2. The van der Waals surface area contributed by atoms with E-state index in [2.05, 4.69) is 21.2 Å². The van der Waals surface area contributed by atoms with Crippen LogP contribution in [0.15, 0.2) is 39.6 Å². The first kappa shape index (κ1) is 19.2. The number of halogens is 2. The number of aryl methyl sites for hydroxylation is 1. The highest BCUT2D eigenvalue weighted by molar-refractivity contribution is 9.10. The monoisotopic (exact) mass is 410 g/mol. The average molecular weight is 411 g/mol. The number of carbonyl (C=O) groups is 1. The van der Waals surface area contributed by atoms with Crippen LogP contribution in [0.5, 0.6) is 0 Å². The van der Waals surface area contributed by atoms with Gasteiger partial charge in [-0.3, -0.25) is 14.2 Å². The minimum atomic E-state index is -0.597. The number of rotatable bonds is 4. The van der Waals surface area contributed by atoms with Crippen LogP contribution in [0.4, 0.5) is 10.2 Å². The normalized spacial score (nSPS) is 11.3. The summed E-state index contributed by atoms with van der Waals surface area (Å²) < 4.78 is 20.5. The van der Waals surface area contributed by atoms with Gasteiger partial charge in [0.1, 0.15) is 23.8 Å². The van der Waals surface area contributed by atoms with Gasteiger partial charge in [0, 0.05) is 5.56 Å². The third kappa shape index (κ3) is 4.92. The minimum Gasteiger partial charge on any atom is -0.459 e. The van der Waals surface area contributed by atoms with Crippen LogP contribution in [-0.2, 0) is 9.53 Å². The smallest absolute Gasteiger partial charge is 0.325 e. The number of ether oxygens (including phenoxy) is 1. The topological polar surface area (TPSA) is 60.3 Å². The summed E-state index contributed by atoms with van der Waals surface area (Å²) >= 11 is 3.41. The van der Waals surface area contributed by atoms with Crippen LogP contribution >= 0.6 is 15.9 Å². The molecule has 1 N–H and O–H groups in total. The Balaban J connectivity index is 2.40. The van der Waals surface area contributed by atoms with Gasteiger partial charge in [-0.1, -0.05) is 0 Å². The Bertz CT molecular complexity index is 839. The molecule has 1 aromatic carbocycles. The number of aromatic nitrogens is 1. The molecule has 0 radical (unpaired) electrons. The van der Waals surface area contributed by atoms with Gasteiger partial charge in [0.2, 0.25) is 0 Å². The van der Waals surface area contributed by atoms with Crippen LogP contribution in [-0.4, -0.2) is 22.7 Å². The van der Waals surface area contributed by atoms with E-state index in [0.29, 0.717) is 21.5 Å². The zero-order valence-corrected chi connectivity index (χ0v) is 16.1. The Kier molecular flexibility index (Phi) is 5.67. The number of benzene rings is 1. The summed E-state index contributed by atoms with van der Waals surface area (Å²) in [6, 6.07) is 7.22. The van der Waals surface area contributed by atoms with E-state index in [1.54, 1.807) is 33.8 Å². The molecule has 0 bridgehead atoms. The summed E-state index contributed by atoms with van der Waals surface area (Å²) in [7, 11) is 0.